The van der Waals surface area contributed by atoms with Crippen LogP contribution in [-0.2, 0) is 988 Å². The molecule has 1 aliphatic rings. The molecule has 48 heavy (non-hydrogen) atoms. The van der Waals surface area contributed by atoms with Crippen molar-refractivity contribution in [2.24, 2.45) is 0 Å². The van der Waals surface area contributed by atoms with E-state index in [1.807, 2.05) is 0 Å². The summed E-state index contributed by atoms with van der Waals surface area (Å²) in [6, 6.07) is 9.42. The third-order valence-electron chi connectivity index (χ3n) is 4.11. The van der Waals surface area contributed by atoms with Crippen LogP contribution in [0.2, 0.25) is 0 Å². The summed E-state index contributed by atoms with van der Waals surface area (Å²) < 4.78 is 0. The fourth-order valence-electron chi connectivity index (χ4n) is 2.75. The third kappa shape index (κ3) is 88.8. The zero-order chi connectivity index (χ0) is 12.2. The van der Waals surface area contributed by atoms with Crippen molar-refractivity contribution < 1.29 is 981 Å². The van der Waals surface area contributed by atoms with Crippen molar-refractivity contribution >= 4 is 0 Å². The largest absolute Gasteiger partial charge is 0.358 e. The van der Waals surface area contributed by atoms with Crippen LogP contribution in [0.15, 0.2) is 24.3 Å². The number of rotatable bonds is 0. The summed E-state index contributed by atoms with van der Waals surface area (Å²) in [4.78, 5) is 0. The van der Waals surface area contributed by atoms with Gasteiger partial charge in [0.1, 0.15) is 0 Å². The van der Waals surface area contributed by atoms with Crippen LogP contribution in [0.5, 0.6) is 0 Å². The van der Waals surface area contributed by atoms with E-state index in [2.05, 4.69) is 52.0 Å². The second-order valence-corrected chi connectivity index (χ2v) is 5.36. The molecule has 0 fully saturated rings. The van der Waals surface area contributed by atoms with Crippen LogP contribution in [0.4, 0.5) is 0 Å². The molecule has 0 nitrogen and oxygen atoms in total. The first-order valence-corrected chi connectivity index (χ1v) is 6.27. The van der Waals surface area contributed by atoms with Crippen molar-refractivity contribution in [2.75, 3.05) is 0 Å². The zero-order valence-electron chi connectivity index (χ0n) is 29.3. The molecular weight excluding hydrogens is 2880 g/mol. The normalized spacial score (nSPS) is 4.42. The Balaban J connectivity index is -0.00000000431. The molecule has 184 valence electrons. The molecule has 0 saturated heterocycles. The molecule has 30 radical (unpaired) electrons. The first kappa shape index (κ1) is 192. The van der Waals surface area contributed by atoms with Gasteiger partial charge in [-0.2, -0.15) is 0 Å². The molecule has 0 atom stereocenters. The molecule has 30 heteroatoms. The molecule has 0 amide bonds. The summed E-state index contributed by atoms with van der Waals surface area (Å²) in [6.45, 7) is 8.81. The Morgan fingerprint density at radius 3 is 0.521 bits per heavy atom. The van der Waals surface area contributed by atoms with Gasteiger partial charge in [-0.3, -0.25) is 0 Å². The van der Waals surface area contributed by atoms with Crippen molar-refractivity contribution in [3.8, 4) is 11.1 Å². The second kappa shape index (κ2) is 129. The Kier molecular flexibility index (Phi) is 516. The van der Waals surface area contributed by atoms with Crippen LogP contribution in [0.25, 0.3) is 11.1 Å². The fourth-order valence-corrected chi connectivity index (χ4v) is 2.75. The van der Waals surface area contributed by atoms with Crippen LogP contribution in [0.1, 0.15) is 33.4 Å². The summed E-state index contributed by atoms with van der Waals surface area (Å²) in [7, 11) is 0. The maximum atomic E-state index is 2.36. The zero-order valence-corrected chi connectivity index (χ0v) is 114. The van der Waals surface area contributed by atoms with Crippen LogP contribution in [0, 0.1) is 35.1 Å². The Morgan fingerprint density at radius 2 is 0.375 bits per heavy atom. The molecule has 2 aromatic carbocycles. The van der Waals surface area contributed by atoms with E-state index in [1.54, 1.807) is 0 Å². The monoisotopic (exact) mass is 2900 g/mol. The van der Waals surface area contributed by atoms with Crippen LogP contribution >= 0.6 is 0 Å². The Bertz CT molecular complexity index is 609. The molecular formula is C18H21Y30-. The van der Waals surface area contributed by atoms with E-state index in [0.29, 0.717) is 0 Å². The molecule has 0 heterocycles. The number of benzene rings is 2. The van der Waals surface area contributed by atoms with Gasteiger partial charge in [0, 0.05) is 981 Å². The standard InChI is InChI=1S/C17H18.CH3.30Y/c1-10-5-14-9-15-6-11(2)13(4)8-17(15)16(14)7-12(10)3;;;;;;;;;;;;;;;;;;;;;;;;;;;;;;;/h5-8H,9H2,1-4H3;1H3;;;;;;;;;;;;;;;;;;;;;;;;;;;;;;/q;-1;;;;;;;;;;;;;;;;;;;;;;;;;;;;;;. The summed E-state index contributed by atoms with van der Waals surface area (Å²) in [6.07, 6.45) is 1.10. The summed E-state index contributed by atoms with van der Waals surface area (Å²) in [5.41, 5.74) is 11.5. The Morgan fingerprint density at radius 1 is 0.250 bits per heavy atom. The van der Waals surface area contributed by atoms with Crippen molar-refractivity contribution in [2.45, 2.75) is 34.1 Å². The molecule has 0 bridgehead atoms. The number of hydrogen-bond acceptors (Lipinski definition) is 0. The minimum absolute atomic E-state index is 0. The minimum Gasteiger partial charge on any atom is -0.358 e. The van der Waals surface area contributed by atoms with Gasteiger partial charge in [0.15, 0.2) is 0 Å². The van der Waals surface area contributed by atoms with Crippen LogP contribution < -0.4 is 0 Å². The molecule has 0 aliphatic heterocycles. The fraction of sp³-hybridized carbons (Fsp3) is 0.278. The van der Waals surface area contributed by atoms with E-state index in [4.69, 9.17) is 0 Å². The van der Waals surface area contributed by atoms with Gasteiger partial charge in [0.2, 0.25) is 0 Å². The van der Waals surface area contributed by atoms with Gasteiger partial charge in [-0.05, 0) is 78.6 Å². The van der Waals surface area contributed by atoms with E-state index in [-0.39, 0.29) is 989 Å². The predicted octanol–water partition coefficient (Wildman–Crippen LogP) is 4.87. The Labute approximate surface area is 1050 Å². The smallest absolute Gasteiger partial charge is 0 e. The average molecular weight is 2900 g/mol. The van der Waals surface area contributed by atoms with Gasteiger partial charge in [-0.25, -0.2) is 0 Å². The van der Waals surface area contributed by atoms with E-state index < -0.39 is 0 Å². The quantitative estimate of drug-likeness (QED) is 0.283. The molecule has 0 saturated carbocycles. The van der Waals surface area contributed by atoms with Crippen LogP contribution in [-0.4, -0.2) is 0 Å². The summed E-state index contributed by atoms with van der Waals surface area (Å²) in [5.74, 6) is 0. The topological polar surface area (TPSA) is 0 Å². The predicted molar refractivity (Wildman–Crippen MR) is 80.0 cm³/mol. The summed E-state index contributed by atoms with van der Waals surface area (Å²) in [5, 5.41) is 0. The maximum Gasteiger partial charge on any atom is 0 e. The van der Waals surface area contributed by atoms with Crippen LogP contribution in [0.3, 0.4) is 0 Å². The second-order valence-electron chi connectivity index (χ2n) is 5.36. The molecule has 0 aromatic heterocycles. The number of fused-ring (bicyclic) bond motifs is 3. The van der Waals surface area contributed by atoms with Gasteiger partial charge >= 0.3 is 0 Å². The van der Waals surface area contributed by atoms with E-state index >= 15 is 0 Å². The van der Waals surface area contributed by atoms with E-state index in [9.17, 15) is 0 Å². The van der Waals surface area contributed by atoms with E-state index in [0.717, 1.165) is 6.42 Å². The molecule has 0 N–H and O–H groups in total. The first-order chi connectivity index (χ1) is 8.06. The molecule has 0 spiro atoms. The molecule has 2 aromatic rings. The first-order valence-electron chi connectivity index (χ1n) is 6.27. The average Bonchev–Trinajstić information content (AvgIpc) is 2.58. The number of aryl methyl sites for hydroxylation is 4. The van der Waals surface area contributed by atoms with Gasteiger partial charge in [0.05, 0.1) is 0 Å². The maximum absolute atomic E-state index is 2.36. The summed E-state index contributed by atoms with van der Waals surface area (Å²) >= 11 is 0. The minimum atomic E-state index is 0. The van der Waals surface area contributed by atoms with Gasteiger partial charge in [-0.15, -0.1) is 0 Å². The molecule has 0 unspecified atom stereocenters. The van der Waals surface area contributed by atoms with E-state index in [1.165, 1.54) is 44.5 Å². The Hall–Kier alpha value is 31.6. The number of hydrogen-bond donors (Lipinski definition) is 0. The van der Waals surface area contributed by atoms with Crippen molar-refractivity contribution in [1.29, 1.82) is 0 Å². The van der Waals surface area contributed by atoms with Crippen molar-refractivity contribution in [1.82, 2.24) is 0 Å². The van der Waals surface area contributed by atoms with Gasteiger partial charge < -0.3 is 7.43 Å². The van der Waals surface area contributed by atoms with Crippen molar-refractivity contribution in [3.05, 3.63) is 65.1 Å². The molecule has 1 aliphatic carbocycles. The third-order valence-corrected chi connectivity index (χ3v) is 4.11. The van der Waals surface area contributed by atoms with Gasteiger partial charge in [-0.1, -0.05) is 24.3 Å². The SMILES string of the molecule is Cc1cc2c(cc1C)-c1cc(C)c(C)cc1C2.[CH3-].[Y].[Y].[Y].[Y].[Y].[Y].[Y].[Y].[Y].[Y].[Y].[Y].[Y].[Y].[Y].[Y].[Y].[Y].[Y].[Y].[Y].[Y].[Y].[Y].[Y].[Y].[Y].[Y].[Y].[Y]. The molecule has 3 rings (SSSR count). The van der Waals surface area contributed by atoms with Crippen molar-refractivity contribution in [3.63, 3.8) is 0 Å². The van der Waals surface area contributed by atoms with Gasteiger partial charge in [0.25, 0.3) is 0 Å².